The van der Waals surface area contributed by atoms with Crippen LogP contribution in [0.4, 0.5) is 0 Å². The third-order valence-electron chi connectivity index (χ3n) is 9.43. The molecule has 222 valence electrons. The number of benzene rings is 7. The van der Waals surface area contributed by atoms with Gasteiger partial charge >= 0.3 is 0 Å². The topological polar surface area (TPSA) is 57.4 Å². The van der Waals surface area contributed by atoms with Crippen molar-refractivity contribution >= 4 is 43.6 Å². The van der Waals surface area contributed by atoms with E-state index in [0.717, 1.165) is 50.1 Å². The molecule has 0 aliphatic heterocycles. The number of rotatable bonds is 4. The fourth-order valence-electron chi connectivity index (χ4n) is 7.42. The van der Waals surface area contributed by atoms with E-state index in [1.165, 1.54) is 21.5 Å². The quantitative estimate of drug-likeness (QED) is 0.199. The minimum absolute atomic E-state index is 0.462. The lowest BCUT2D eigenvalue weighted by Gasteiger charge is -2.18. The first kappa shape index (κ1) is 27.4. The molecule has 0 aliphatic carbocycles. The van der Waals surface area contributed by atoms with Crippen LogP contribution in [0.1, 0.15) is 11.1 Å². The van der Waals surface area contributed by atoms with Gasteiger partial charge in [0.1, 0.15) is 6.07 Å². The Morgan fingerprint density at radius 1 is 0.417 bits per heavy atom. The lowest BCUT2D eigenvalue weighted by Crippen LogP contribution is -2.00. The van der Waals surface area contributed by atoms with Crippen LogP contribution in [0.15, 0.2) is 158 Å². The van der Waals surface area contributed by atoms with Gasteiger partial charge in [-0.15, -0.1) is 0 Å². The Morgan fingerprint density at radius 3 is 1.50 bits per heavy atom. The van der Waals surface area contributed by atoms with Gasteiger partial charge < -0.3 is 9.13 Å². The molecule has 0 saturated carbocycles. The number of aromatic nitrogens is 2. The molecule has 9 aromatic rings. The molecule has 2 aromatic heterocycles. The second-order valence-corrected chi connectivity index (χ2v) is 11.9. The molecule has 0 amide bonds. The van der Waals surface area contributed by atoms with Crippen molar-refractivity contribution in [3.05, 3.63) is 169 Å². The second kappa shape index (κ2) is 10.9. The summed E-state index contributed by atoms with van der Waals surface area (Å²) in [7, 11) is 0. The summed E-state index contributed by atoms with van der Waals surface area (Å²) in [5.41, 5.74) is 10.4. The summed E-state index contributed by atoms with van der Waals surface area (Å²) in [4.78, 5) is 0. The maximum absolute atomic E-state index is 10.9. The van der Waals surface area contributed by atoms with Crippen molar-refractivity contribution in [3.8, 4) is 45.8 Å². The summed E-state index contributed by atoms with van der Waals surface area (Å²) in [6, 6.07) is 58.8. The molecule has 0 spiro atoms. The van der Waals surface area contributed by atoms with Crippen LogP contribution in [0, 0.1) is 22.7 Å². The van der Waals surface area contributed by atoms with Crippen molar-refractivity contribution in [2.24, 2.45) is 0 Å². The minimum atomic E-state index is 0.462. The Labute approximate surface area is 277 Å². The molecule has 4 nitrogen and oxygen atoms in total. The van der Waals surface area contributed by atoms with E-state index in [9.17, 15) is 10.5 Å². The minimum Gasteiger partial charge on any atom is -0.309 e. The average Bonchev–Trinajstić information content (AvgIpc) is 3.67. The summed E-state index contributed by atoms with van der Waals surface area (Å²) < 4.78 is 4.54. The number of fused-ring (bicyclic) bond motifs is 6. The molecular formula is C44H26N4. The van der Waals surface area contributed by atoms with Crippen molar-refractivity contribution in [2.75, 3.05) is 0 Å². The monoisotopic (exact) mass is 610 g/mol. The zero-order chi connectivity index (χ0) is 32.2. The largest absolute Gasteiger partial charge is 0.309 e. The van der Waals surface area contributed by atoms with Crippen LogP contribution in [0.2, 0.25) is 0 Å². The highest BCUT2D eigenvalue weighted by molar-refractivity contribution is 6.10. The van der Waals surface area contributed by atoms with Crippen LogP contribution in [0.3, 0.4) is 0 Å². The van der Waals surface area contributed by atoms with Gasteiger partial charge in [0.05, 0.1) is 45.0 Å². The van der Waals surface area contributed by atoms with E-state index in [-0.39, 0.29) is 0 Å². The van der Waals surface area contributed by atoms with Crippen LogP contribution in [-0.4, -0.2) is 9.13 Å². The SMILES string of the molecule is N#Cc1ccc(-c2ccccc2-n2c3ccccc3c3ccccc32)c(C#N)c1-c1cccc(-n2c3ccccc3c3ccccc32)c1. The van der Waals surface area contributed by atoms with Crippen molar-refractivity contribution in [1.82, 2.24) is 9.13 Å². The smallest absolute Gasteiger partial charge is 0.100 e. The molecule has 0 radical (unpaired) electrons. The molecule has 9 rings (SSSR count). The first-order valence-corrected chi connectivity index (χ1v) is 15.9. The fourth-order valence-corrected chi connectivity index (χ4v) is 7.42. The number of nitrogens with zero attached hydrogens (tertiary/aromatic N) is 4. The molecule has 0 saturated heterocycles. The predicted octanol–water partition coefficient (Wildman–Crippen LogP) is 11.0. The van der Waals surface area contributed by atoms with Crippen molar-refractivity contribution in [3.63, 3.8) is 0 Å². The molecule has 7 aromatic carbocycles. The molecule has 0 fully saturated rings. The zero-order valence-electron chi connectivity index (χ0n) is 25.8. The van der Waals surface area contributed by atoms with Gasteiger partial charge in [-0.1, -0.05) is 109 Å². The normalized spacial score (nSPS) is 11.3. The van der Waals surface area contributed by atoms with Gasteiger partial charge in [0.15, 0.2) is 0 Å². The summed E-state index contributed by atoms with van der Waals surface area (Å²) in [6.07, 6.45) is 0. The summed E-state index contributed by atoms with van der Waals surface area (Å²) in [5.74, 6) is 0. The van der Waals surface area contributed by atoms with Crippen LogP contribution < -0.4 is 0 Å². The first-order valence-electron chi connectivity index (χ1n) is 15.9. The Hall–Kier alpha value is -6.88. The van der Waals surface area contributed by atoms with Gasteiger partial charge in [-0.3, -0.25) is 0 Å². The molecule has 0 unspecified atom stereocenters. The van der Waals surface area contributed by atoms with E-state index in [1.807, 2.05) is 36.4 Å². The third kappa shape index (κ3) is 4.01. The van der Waals surface area contributed by atoms with Crippen LogP contribution in [-0.2, 0) is 0 Å². The average molecular weight is 611 g/mol. The third-order valence-corrected chi connectivity index (χ3v) is 9.43. The second-order valence-electron chi connectivity index (χ2n) is 11.9. The van der Waals surface area contributed by atoms with Gasteiger partial charge in [-0.05, 0) is 54.1 Å². The lowest BCUT2D eigenvalue weighted by molar-refractivity contribution is 1.18. The Kier molecular flexibility index (Phi) is 6.22. The van der Waals surface area contributed by atoms with Crippen molar-refractivity contribution in [1.29, 1.82) is 10.5 Å². The molecule has 48 heavy (non-hydrogen) atoms. The molecule has 0 aliphatic rings. The van der Waals surface area contributed by atoms with Crippen LogP contribution in [0.25, 0.3) is 77.2 Å². The zero-order valence-corrected chi connectivity index (χ0v) is 25.8. The number of hydrogen-bond acceptors (Lipinski definition) is 2. The highest BCUT2D eigenvalue weighted by Gasteiger charge is 2.21. The Bertz CT molecular complexity index is 2710. The fraction of sp³-hybridized carbons (Fsp3) is 0. The summed E-state index contributed by atoms with van der Waals surface area (Å²) >= 11 is 0. The standard InChI is InChI=1S/C44H26N4/c45-27-30-24-25-32(33-14-1-8-21-41(33)48-42-22-9-4-17-36(42)37-18-5-10-23-43(37)48)38(28-46)44(30)29-12-11-13-31(26-29)47-39-19-6-2-15-34(39)35-16-3-7-20-40(35)47/h1-26H. The van der Waals surface area contributed by atoms with Gasteiger partial charge in [0, 0.05) is 43.9 Å². The Morgan fingerprint density at radius 2 is 0.938 bits per heavy atom. The number of nitriles is 2. The molecule has 4 heteroatoms. The maximum Gasteiger partial charge on any atom is 0.100 e. The highest BCUT2D eigenvalue weighted by Crippen LogP contribution is 2.41. The van der Waals surface area contributed by atoms with Crippen molar-refractivity contribution < 1.29 is 0 Å². The van der Waals surface area contributed by atoms with Crippen LogP contribution >= 0.6 is 0 Å². The van der Waals surface area contributed by atoms with E-state index in [2.05, 4.69) is 143 Å². The van der Waals surface area contributed by atoms with Gasteiger partial charge in [0.2, 0.25) is 0 Å². The van der Waals surface area contributed by atoms with E-state index < -0.39 is 0 Å². The summed E-state index contributed by atoms with van der Waals surface area (Å²) in [5, 5.41) is 25.9. The van der Waals surface area contributed by atoms with E-state index >= 15 is 0 Å². The molecule has 0 atom stereocenters. The van der Waals surface area contributed by atoms with Gasteiger partial charge in [-0.25, -0.2) is 0 Å². The van der Waals surface area contributed by atoms with E-state index in [1.54, 1.807) is 0 Å². The molecular weight excluding hydrogens is 585 g/mol. The van der Waals surface area contributed by atoms with Crippen LogP contribution in [0.5, 0.6) is 0 Å². The summed E-state index contributed by atoms with van der Waals surface area (Å²) in [6.45, 7) is 0. The molecule has 2 heterocycles. The predicted molar refractivity (Wildman–Crippen MR) is 195 cm³/mol. The molecule has 0 N–H and O–H groups in total. The number of para-hydroxylation sites is 5. The lowest BCUT2D eigenvalue weighted by atomic mass is 9.88. The highest BCUT2D eigenvalue weighted by atomic mass is 15.0. The van der Waals surface area contributed by atoms with Gasteiger partial charge in [-0.2, -0.15) is 10.5 Å². The van der Waals surface area contributed by atoms with E-state index in [4.69, 9.17) is 0 Å². The van der Waals surface area contributed by atoms with Gasteiger partial charge in [0.25, 0.3) is 0 Å². The molecule has 0 bridgehead atoms. The maximum atomic E-state index is 10.9. The van der Waals surface area contributed by atoms with E-state index in [0.29, 0.717) is 16.7 Å². The first-order chi connectivity index (χ1) is 23.8. The number of hydrogen-bond donors (Lipinski definition) is 0. The van der Waals surface area contributed by atoms with Crippen molar-refractivity contribution in [2.45, 2.75) is 0 Å². The Balaban J connectivity index is 1.29.